The molecule has 5 heterocycles. The molecular weight excluding hydrogens is 932 g/mol. The Labute approximate surface area is 379 Å². The van der Waals surface area contributed by atoms with E-state index in [1.807, 2.05) is 41.3 Å². The van der Waals surface area contributed by atoms with Gasteiger partial charge in [0, 0.05) is 66.6 Å². The molecule has 0 aliphatic carbocycles. The van der Waals surface area contributed by atoms with Crippen LogP contribution in [0.25, 0.3) is 10.3 Å². The number of rotatable bonds is 16. The summed E-state index contributed by atoms with van der Waals surface area (Å²) in [7, 11) is -10.8. The molecule has 8 rings (SSSR count). The minimum absolute atomic E-state index is 0.190. The lowest BCUT2D eigenvalue weighted by atomic mass is 9.94. The molecule has 0 radical (unpaired) electrons. The van der Waals surface area contributed by atoms with Gasteiger partial charge >= 0.3 is 5.51 Å². The van der Waals surface area contributed by atoms with Crippen LogP contribution in [0.1, 0.15) is 38.4 Å². The molecule has 2 N–H and O–H groups in total. The lowest BCUT2D eigenvalue weighted by Gasteiger charge is -2.29. The fourth-order valence-electron chi connectivity index (χ4n) is 7.27. The van der Waals surface area contributed by atoms with Gasteiger partial charge in [-0.2, -0.15) is 13.2 Å². The average Bonchev–Trinajstić information content (AvgIpc) is 3.95. The van der Waals surface area contributed by atoms with E-state index in [1.165, 1.54) is 28.5 Å². The summed E-state index contributed by atoms with van der Waals surface area (Å²) >= 11 is 3.78. The second-order valence-electron chi connectivity index (χ2n) is 14.9. The number of benzene rings is 3. The second-order valence-corrected chi connectivity index (χ2v) is 21.7. The molecule has 0 unspecified atom stereocenters. The Morgan fingerprint density at radius 1 is 0.938 bits per heavy atom. The number of amides is 1. The first-order valence-corrected chi connectivity index (χ1v) is 25.8. The molecule has 0 bridgehead atoms. The summed E-state index contributed by atoms with van der Waals surface area (Å²) in [6, 6.07) is 20.2. The van der Waals surface area contributed by atoms with Crippen LogP contribution < -0.4 is 15.5 Å². The van der Waals surface area contributed by atoms with Crippen molar-refractivity contribution in [1.82, 2.24) is 19.9 Å². The Morgan fingerprint density at radius 2 is 1.73 bits per heavy atom. The van der Waals surface area contributed by atoms with E-state index in [2.05, 4.69) is 30.5 Å². The predicted octanol–water partition coefficient (Wildman–Crippen LogP) is 7.21. The largest absolute Gasteiger partial charge is 0.501 e. The number of carbonyl (C=O) groups is 2. The van der Waals surface area contributed by atoms with E-state index in [-0.39, 0.29) is 18.1 Å². The molecule has 1 amide bonds. The summed E-state index contributed by atoms with van der Waals surface area (Å²) in [5, 5.41) is 8.02. The quantitative estimate of drug-likeness (QED) is 0.0734. The van der Waals surface area contributed by atoms with Crippen molar-refractivity contribution in [2.45, 2.75) is 45.6 Å². The van der Waals surface area contributed by atoms with Crippen LogP contribution in [0, 0.1) is 0 Å². The first kappa shape index (κ1) is 45.6. The predicted molar refractivity (Wildman–Crippen MR) is 241 cm³/mol. The van der Waals surface area contributed by atoms with E-state index < -0.39 is 58.2 Å². The fourth-order valence-corrected chi connectivity index (χ4v) is 12.2. The number of Topliss-reactive ketones (excluding diaryl/α,β-unsaturated/α-hetero) is 1. The second kappa shape index (κ2) is 19.2. The van der Waals surface area contributed by atoms with Crippen LogP contribution in [0.15, 0.2) is 105 Å². The van der Waals surface area contributed by atoms with Gasteiger partial charge in [-0.05, 0) is 72.5 Å². The number of thiazole rings is 2. The molecule has 6 aromatic rings. The number of hydrogen-bond acceptors (Lipinski definition) is 16. The molecule has 1 atom stereocenters. The van der Waals surface area contributed by atoms with Crippen molar-refractivity contribution >= 4 is 92.1 Å². The summed E-state index contributed by atoms with van der Waals surface area (Å²) in [5.74, 6) is -2.13. The number of ether oxygens (including phenoxy) is 1. The number of hydrogen-bond donors (Lipinski definition) is 2. The third kappa shape index (κ3) is 10.4. The average molecular weight is 972 g/mol. The summed E-state index contributed by atoms with van der Waals surface area (Å²) < 4.78 is 102. The maximum absolute atomic E-state index is 14.2. The number of morpholine rings is 1. The van der Waals surface area contributed by atoms with E-state index >= 15 is 0 Å². The third-order valence-corrected chi connectivity index (χ3v) is 16.7. The Morgan fingerprint density at radius 3 is 2.50 bits per heavy atom. The molecule has 0 saturated carbocycles. The van der Waals surface area contributed by atoms with E-state index in [0.717, 1.165) is 39.5 Å². The number of aromatic nitrogens is 3. The van der Waals surface area contributed by atoms with Crippen LogP contribution in [0.5, 0.6) is 0 Å². The van der Waals surface area contributed by atoms with E-state index in [1.54, 1.807) is 30.5 Å². The molecule has 3 aromatic heterocycles. The first-order chi connectivity index (χ1) is 30.6. The van der Waals surface area contributed by atoms with Crippen molar-refractivity contribution < 1.29 is 44.3 Å². The van der Waals surface area contributed by atoms with Gasteiger partial charge in [-0.1, -0.05) is 41.7 Å². The van der Waals surface area contributed by atoms with Gasteiger partial charge in [0.2, 0.25) is 0 Å². The van der Waals surface area contributed by atoms with Gasteiger partial charge in [-0.25, -0.2) is 31.8 Å². The molecule has 14 nitrogen and oxygen atoms in total. The molecule has 1 saturated heterocycles. The Bertz CT molecular complexity index is 2860. The van der Waals surface area contributed by atoms with E-state index in [0.29, 0.717) is 90.2 Å². The van der Waals surface area contributed by atoms with Gasteiger partial charge in [0.1, 0.15) is 26.7 Å². The number of carbonyl (C=O) groups excluding carboxylic acids is 2. The normalized spacial score (nSPS) is 15.5. The third-order valence-electron chi connectivity index (χ3n) is 10.6. The number of nitrogens with one attached hydrogen (secondary N) is 2. The minimum atomic E-state index is -6.07. The monoisotopic (exact) mass is 971 g/mol. The van der Waals surface area contributed by atoms with Crippen LogP contribution in [0.3, 0.4) is 0 Å². The molecular formula is C42H40F3N7O7S5. The summed E-state index contributed by atoms with van der Waals surface area (Å²) in [6.07, 6.45) is 2.62. The lowest BCUT2D eigenvalue weighted by Crippen LogP contribution is -2.39. The molecule has 64 heavy (non-hydrogen) atoms. The number of ketones is 1. The number of pyridine rings is 1. The lowest BCUT2D eigenvalue weighted by molar-refractivity contribution is -0.0435. The Hall–Kier alpha value is -4.97. The zero-order chi connectivity index (χ0) is 45.1. The molecule has 2 aliphatic rings. The first-order valence-electron chi connectivity index (χ1n) is 19.9. The number of thioether (sulfide) groups is 1. The van der Waals surface area contributed by atoms with Crippen molar-refractivity contribution in [1.29, 1.82) is 0 Å². The number of alkyl halides is 3. The topological polar surface area (TPSA) is 181 Å². The van der Waals surface area contributed by atoms with Gasteiger partial charge in [-0.15, -0.1) is 23.1 Å². The molecule has 3 aromatic carbocycles. The molecule has 336 valence electrons. The summed E-state index contributed by atoms with van der Waals surface area (Å²) in [5.41, 5.74) is -3.57. The van der Waals surface area contributed by atoms with Crippen LogP contribution in [0.4, 0.5) is 29.1 Å². The van der Waals surface area contributed by atoms with Crippen LogP contribution in [-0.2, 0) is 37.4 Å². The van der Waals surface area contributed by atoms with Gasteiger partial charge < -0.3 is 15.0 Å². The maximum atomic E-state index is 14.2. The van der Waals surface area contributed by atoms with Crippen molar-refractivity contribution in [3.63, 3.8) is 0 Å². The SMILES string of the molecule is O=C(CS(=O)(=O)c1ccc(N[C@H](CCN2CCOCC2)CSc2ccccc2)c(S(=O)(=O)C(F)(F)F)c1)c1csc(N2CCc3cccc(C(=O)Nc4nc5cccnc5s4)c3C2)n1. The highest BCUT2D eigenvalue weighted by Gasteiger charge is 2.48. The Balaban J connectivity index is 0.984. The highest BCUT2D eigenvalue weighted by atomic mass is 32.2. The van der Waals surface area contributed by atoms with E-state index in [9.17, 15) is 39.6 Å². The maximum Gasteiger partial charge on any atom is 0.501 e. The molecule has 2 aliphatic heterocycles. The van der Waals surface area contributed by atoms with Crippen molar-refractivity contribution in [2.24, 2.45) is 0 Å². The molecule has 1 fully saturated rings. The van der Waals surface area contributed by atoms with Gasteiger partial charge in [0.25, 0.3) is 15.7 Å². The fraction of sp³-hybridized carbons (Fsp3) is 0.310. The van der Waals surface area contributed by atoms with Crippen LogP contribution in [0.2, 0.25) is 0 Å². The minimum Gasteiger partial charge on any atom is -0.380 e. The van der Waals surface area contributed by atoms with E-state index in [4.69, 9.17) is 4.74 Å². The number of nitrogens with zero attached hydrogens (tertiary/aromatic N) is 5. The standard InChI is InChI=1S/C42H40F3N7O7S5/c43-42(44,45)64(57,58)37-22-30(11-12-33(37)47-28(14-16-51-18-20-59-21-19-51)24-60-29-7-2-1-3-8-29)63(55,56)26-36(53)35-25-61-41(49-35)52-17-13-27-6-4-9-31(32(27)23-52)38(54)50-40-48-34-10-5-15-46-39(34)62-40/h1-12,15,22,25,28,47H,13-14,16-21,23-24,26H2,(H,48,50,54)/t28-/m1/s1. The molecule has 22 heteroatoms. The number of halogens is 3. The molecule has 0 spiro atoms. The summed E-state index contributed by atoms with van der Waals surface area (Å²) in [6.45, 7) is 3.70. The summed E-state index contributed by atoms with van der Waals surface area (Å²) in [4.78, 5) is 43.7. The zero-order valence-electron chi connectivity index (χ0n) is 33.8. The van der Waals surface area contributed by atoms with Gasteiger partial charge in [0.15, 0.2) is 25.9 Å². The highest BCUT2D eigenvalue weighted by Crippen LogP contribution is 2.37. The highest BCUT2D eigenvalue weighted by molar-refractivity contribution is 7.99. The van der Waals surface area contributed by atoms with Gasteiger partial charge in [0.05, 0.1) is 23.8 Å². The van der Waals surface area contributed by atoms with Gasteiger partial charge in [-0.3, -0.25) is 19.8 Å². The number of fused-ring (bicyclic) bond motifs is 2. The van der Waals surface area contributed by atoms with Crippen molar-refractivity contribution in [3.05, 3.63) is 113 Å². The van der Waals surface area contributed by atoms with Crippen molar-refractivity contribution in [2.75, 3.05) is 66.4 Å². The van der Waals surface area contributed by atoms with Crippen molar-refractivity contribution in [3.8, 4) is 0 Å². The Kier molecular flexibility index (Phi) is 13.7. The zero-order valence-corrected chi connectivity index (χ0v) is 37.9. The smallest absolute Gasteiger partial charge is 0.380 e. The number of anilines is 3. The number of sulfone groups is 2. The van der Waals surface area contributed by atoms with Crippen LogP contribution >= 0.6 is 34.4 Å². The van der Waals surface area contributed by atoms with Crippen LogP contribution in [-0.4, -0.2) is 111 Å².